The number of piperidine rings is 1. The number of nitrogens with one attached hydrogen (secondary N) is 1. The molecule has 4 amide bonds. The van der Waals surface area contributed by atoms with Crippen molar-refractivity contribution in [1.29, 1.82) is 0 Å². The van der Waals surface area contributed by atoms with E-state index in [4.69, 9.17) is 20.5 Å². The third-order valence-electron chi connectivity index (χ3n) is 3.56. The van der Waals surface area contributed by atoms with Gasteiger partial charge in [-0.2, -0.15) is 5.06 Å². The normalized spacial score (nSPS) is 24.2. The monoisotopic (exact) mass is 341 g/mol. The summed E-state index contributed by atoms with van der Waals surface area (Å²) in [5, 5.41) is 15.6. The summed E-state index contributed by atoms with van der Waals surface area (Å²) >= 11 is 0. The van der Waals surface area contributed by atoms with Crippen LogP contribution < -0.4 is 11.1 Å². The van der Waals surface area contributed by atoms with Crippen molar-refractivity contribution in [1.82, 2.24) is 15.3 Å². The number of primary amides is 1. The Hall–Kier alpha value is -2.82. The number of nitrogens with zero attached hydrogens (tertiary/aromatic N) is 3. The second kappa shape index (κ2) is 7.64. The average Bonchev–Trinajstić information content (AvgIpc) is 2.79. The first kappa shape index (κ1) is 17.5. The van der Waals surface area contributed by atoms with Gasteiger partial charge in [-0.3, -0.25) is 9.63 Å². The fraction of sp³-hybridized carbons (Fsp3) is 0.538. The van der Waals surface area contributed by atoms with Crippen LogP contribution in [0.4, 0.5) is 9.59 Å². The Bertz CT molecular complexity index is 565. The van der Waals surface area contributed by atoms with Crippen molar-refractivity contribution in [2.45, 2.75) is 18.5 Å². The maximum absolute atomic E-state index is 12.3. The second-order valence-electron chi connectivity index (χ2n) is 5.13. The highest BCUT2D eigenvalue weighted by Gasteiger charge is 2.51. The van der Waals surface area contributed by atoms with Crippen LogP contribution in [-0.2, 0) is 14.5 Å². The molecule has 0 aromatic heterocycles. The summed E-state index contributed by atoms with van der Waals surface area (Å²) in [6.45, 7) is 3.91. The van der Waals surface area contributed by atoms with E-state index in [1.54, 1.807) is 0 Å². The molecule has 2 bridgehead atoms. The predicted octanol–water partition coefficient (Wildman–Crippen LogP) is -0.892. The zero-order chi connectivity index (χ0) is 17.7. The number of hydroxylamine groups is 2. The Labute approximate surface area is 137 Å². The lowest BCUT2D eigenvalue weighted by molar-refractivity contribution is -0.122. The highest BCUT2D eigenvalue weighted by molar-refractivity contribution is 6.02. The summed E-state index contributed by atoms with van der Waals surface area (Å²) in [4.78, 5) is 46.0. The van der Waals surface area contributed by atoms with E-state index < -0.39 is 30.1 Å². The molecule has 2 saturated heterocycles. The van der Waals surface area contributed by atoms with Crippen LogP contribution in [-0.4, -0.2) is 77.2 Å². The number of carbonyl (C=O) groups excluding carboxylic acids is 2. The van der Waals surface area contributed by atoms with Crippen LogP contribution in [0.25, 0.3) is 0 Å². The molecule has 2 aliphatic rings. The molecular formula is C13H19N5O6. The number of hydrogen-bond donors (Lipinski definition) is 3. The topological polar surface area (TPSA) is 147 Å². The zero-order valence-electron chi connectivity index (χ0n) is 12.9. The molecule has 2 aliphatic heterocycles. The minimum Gasteiger partial charge on any atom is -0.465 e. The molecule has 0 aromatic rings. The lowest BCUT2D eigenvalue weighted by Crippen LogP contribution is -2.51. The van der Waals surface area contributed by atoms with Gasteiger partial charge < -0.3 is 25.9 Å². The second-order valence-corrected chi connectivity index (χ2v) is 5.13. The molecule has 0 aromatic carbocycles. The van der Waals surface area contributed by atoms with Crippen LogP contribution in [0.5, 0.6) is 0 Å². The minimum atomic E-state index is -1.17. The van der Waals surface area contributed by atoms with Crippen LogP contribution in [0.1, 0.15) is 6.42 Å². The van der Waals surface area contributed by atoms with Crippen LogP contribution in [0.2, 0.25) is 0 Å². The quantitative estimate of drug-likeness (QED) is 0.296. The summed E-state index contributed by atoms with van der Waals surface area (Å²) < 4.78 is 0. The van der Waals surface area contributed by atoms with Gasteiger partial charge in [-0.1, -0.05) is 11.2 Å². The number of amides is 4. The molecule has 132 valence electrons. The molecule has 2 fully saturated rings. The minimum absolute atomic E-state index is 0.00886. The van der Waals surface area contributed by atoms with Crippen molar-refractivity contribution in [2.24, 2.45) is 10.9 Å². The highest BCUT2D eigenvalue weighted by atomic mass is 16.7. The smallest absolute Gasteiger partial charge is 0.404 e. The van der Waals surface area contributed by atoms with E-state index in [2.05, 4.69) is 17.1 Å². The fourth-order valence-corrected chi connectivity index (χ4v) is 2.51. The lowest BCUT2D eigenvalue weighted by atomic mass is 9.98. The van der Waals surface area contributed by atoms with Crippen LogP contribution in [0.15, 0.2) is 17.8 Å². The van der Waals surface area contributed by atoms with Crippen molar-refractivity contribution in [3.63, 3.8) is 0 Å². The number of oxime groups is 1. The first-order valence-corrected chi connectivity index (χ1v) is 7.24. The molecule has 0 saturated carbocycles. The SMILES string of the molecule is C=CCON1C(=O)N2C[C@H]1C(=NOCCNC(=O)O)C[C@H]2C(N)=O. The molecule has 24 heavy (non-hydrogen) atoms. The summed E-state index contributed by atoms with van der Waals surface area (Å²) in [5.41, 5.74) is 5.78. The van der Waals surface area contributed by atoms with Gasteiger partial charge >= 0.3 is 12.1 Å². The molecule has 11 heteroatoms. The van der Waals surface area contributed by atoms with Crippen molar-refractivity contribution >= 4 is 23.7 Å². The first-order chi connectivity index (χ1) is 11.5. The molecule has 0 radical (unpaired) electrons. The van der Waals surface area contributed by atoms with Gasteiger partial charge in [-0.05, 0) is 0 Å². The highest BCUT2D eigenvalue weighted by Crippen LogP contribution is 2.28. The van der Waals surface area contributed by atoms with Crippen molar-refractivity contribution in [3.05, 3.63) is 12.7 Å². The molecule has 0 spiro atoms. The third kappa shape index (κ3) is 3.74. The van der Waals surface area contributed by atoms with E-state index >= 15 is 0 Å². The molecule has 2 rings (SSSR count). The van der Waals surface area contributed by atoms with E-state index in [1.807, 2.05) is 0 Å². The number of urea groups is 1. The van der Waals surface area contributed by atoms with Gasteiger partial charge in [0.05, 0.1) is 25.4 Å². The van der Waals surface area contributed by atoms with Gasteiger partial charge in [0.25, 0.3) is 0 Å². The van der Waals surface area contributed by atoms with Crippen molar-refractivity contribution < 1.29 is 29.2 Å². The fourth-order valence-electron chi connectivity index (χ4n) is 2.51. The Morgan fingerprint density at radius 1 is 1.54 bits per heavy atom. The van der Waals surface area contributed by atoms with E-state index in [9.17, 15) is 14.4 Å². The van der Waals surface area contributed by atoms with Gasteiger partial charge in [0.15, 0.2) is 0 Å². The summed E-state index contributed by atoms with van der Waals surface area (Å²) in [7, 11) is 0. The number of nitrogens with two attached hydrogens (primary N) is 1. The number of carboxylic acid groups (broad SMARTS) is 1. The predicted molar refractivity (Wildman–Crippen MR) is 80.9 cm³/mol. The number of rotatable bonds is 8. The molecule has 0 aliphatic carbocycles. The van der Waals surface area contributed by atoms with Crippen molar-refractivity contribution in [2.75, 3.05) is 26.3 Å². The first-order valence-electron chi connectivity index (χ1n) is 7.24. The maximum Gasteiger partial charge on any atom is 0.404 e. The number of carbonyl (C=O) groups is 3. The standard InChI is InChI=1S/C13H19N5O6/c1-2-4-24-18-10-7-17(13(18)22)9(11(14)19)6-8(10)16-23-5-3-15-12(20)21/h2,9-10,15H,1,3-7H2,(H2,14,19)(H,20,21)/t9-,10-/m0/s1. The molecular weight excluding hydrogens is 322 g/mol. The zero-order valence-corrected chi connectivity index (χ0v) is 12.9. The van der Waals surface area contributed by atoms with Crippen molar-refractivity contribution in [3.8, 4) is 0 Å². The van der Waals surface area contributed by atoms with Crippen LogP contribution in [0.3, 0.4) is 0 Å². The molecule has 4 N–H and O–H groups in total. The third-order valence-corrected chi connectivity index (χ3v) is 3.56. The Morgan fingerprint density at radius 2 is 2.29 bits per heavy atom. The van der Waals surface area contributed by atoms with E-state index in [0.29, 0.717) is 5.71 Å². The summed E-state index contributed by atoms with van der Waals surface area (Å²) in [5.74, 6) is -0.646. The summed E-state index contributed by atoms with van der Waals surface area (Å²) in [6, 6.07) is -1.80. The van der Waals surface area contributed by atoms with Crippen LogP contribution in [0, 0.1) is 0 Å². The van der Waals surface area contributed by atoms with Crippen LogP contribution >= 0.6 is 0 Å². The Kier molecular flexibility index (Phi) is 5.58. The van der Waals surface area contributed by atoms with Gasteiger partial charge in [0.1, 0.15) is 18.7 Å². The van der Waals surface area contributed by atoms with Gasteiger partial charge in [0.2, 0.25) is 5.91 Å². The summed E-state index contributed by atoms with van der Waals surface area (Å²) in [6.07, 6.45) is 0.451. The lowest BCUT2D eigenvalue weighted by Gasteiger charge is -2.28. The van der Waals surface area contributed by atoms with E-state index in [-0.39, 0.29) is 32.7 Å². The van der Waals surface area contributed by atoms with E-state index in [0.717, 1.165) is 5.06 Å². The molecule has 11 nitrogen and oxygen atoms in total. The van der Waals surface area contributed by atoms with Gasteiger partial charge in [-0.15, -0.1) is 6.58 Å². The van der Waals surface area contributed by atoms with E-state index in [1.165, 1.54) is 11.0 Å². The number of hydrogen-bond acceptors (Lipinski definition) is 6. The number of fused-ring (bicyclic) bond motifs is 2. The maximum atomic E-state index is 12.3. The average molecular weight is 341 g/mol. The Balaban J connectivity index is 2.07. The Morgan fingerprint density at radius 3 is 2.92 bits per heavy atom. The molecule has 2 atom stereocenters. The largest absolute Gasteiger partial charge is 0.465 e. The molecule has 0 unspecified atom stereocenters. The van der Waals surface area contributed by atoms with Gasteiger partial charge in [0, 0.05) is 6.42 Å². The van der Waals surface area contributed by atoms with Gasteiger partial charge in [-0.25, -0.2) is 9.59 Å². The molecule has 2 heterocycles.